The minimum atomic E-state index is -3.57. The number of aromatic nitrogens is 2. The maximum Gasteiger partial charge on any atom is 0.240 e. The van der Waals surface area contributed by atoms with E-state index in [9.17, 15) is 13.2 Å². The summed E-state index contributed by atoms with van der Waals surface area (Å²) in [6.07, 6.45) is 0. The summed E-state index contributed by atoms with van der Waals surface area (Å²) in [5.41, 5.74) is 2.32. The normalized spacial score (nSPS) is 12.5. The van der Waals surface area contributed by atoms with Crippen molar-refractivity contribution < 1.29 is 13.2 Å². The predicted molar refractivity (Wildman–Crippen MR) is 133 cm³/mol. The Morgan fingerprint density at radius 1 is 1.00 bits per heavy atom. The number of hydrogen-bond donors (Lipinski definition) is 2. The molecule has 0 radical (unpaired) electrons. The third-order valence-electron chi connectivity index (χ3n) is 4.66. The molecule has 0 aliphatic carbocycles. The van der Waals surface area contributed by atoms with E-state index in [0.29, 0.717) is 23.1 Å². The van der Waals surface area contributed by atoms with Crippen molar-refractivity contribution >= 4 is 33.4 Å². The van der Waals surface area contributed by atoms with Crippen molar-refractivity contribution in [1.82, 2.24) is 14.7 Å². The number of anilines is 1. The van der Waals surface area contributed by atoms with E-state index in [4.69, 9.17) is 0 Å². The third kappa shape index (κ3) is 7.12. The second kappa shape index (κ2) is 10.9. The van der Waals surface area contributed by atoms with Crippen LogP contribution in [0, 0.1) is 12.8 Å². The fourth-order valence-corrected chi connectivity index (χ4v) is 5.02. The van der Waals surface area contributed by atoms with Crippen molar-refractivity contribution in [3.63, 3.8) is 0 Å². The average molecular weight is 485 g/mol. The van der Waals surface area contributed by atoms with Crippen molar-refractivity contribution in [3.8, 4) is 11.3 Å². The number of hydrogen-bond acceptors (Lipinski definition) is 6. The number of aryl methyl sites for hydroxylation is 1. The van der Waals surface area contributed by atoms with Crippen LogP contribution in [0.5, 0.6) is 0 Å². The molecule has 3 rings (SSSR count). The van der Waals surface area contributed by atoms with Crippen molar-refractivity contribution in [3.05, 3.63) is 66.5 Å². The average Bonchev–Trinajstić information content (AvgIpc) is 2.78. The first-order chi connectivity index (χ1) is 15.6. The Balaban J connectivity index is 1.65. The molecule has 3 aromatic rings. The van der Waals surface area contributed by atoms with E-state index in [0.717, 1.165) is 11.3 Å². The van der Waals surface area contributed by atoms with Crippen LogP contribution in [0.15, 0.2) is 70.6 Å². The molecule has 1 aromatic heterocycles. The highest BCUT2D eigenvalue weighted by Gasteiger charge is 2.18. The van der Waals surface area contributed by atoms with E-state index in [1.54, 1.807) is 19.1 Å². The van der Waals surface area contributed by atoms with E-state index in [1.165, 1.54) is 23.9 Å². The van der Waals surface area contributed by atoms with Crippen molar-refractivity contribution in [2.24, 2.45) is 5.92 Å². The van der Waals surface area contributed by atoms with Gasteiger partial charge in [-0.25, -0.2) is 23.1 Å². The van der Waals surface area contributed by atoms with Gasteiger partial charge in [0.2, 0.25) is 15.9 Å². The zero-order chi connectivity index (χ0) is 24.0. The van der Waals surface area contributed by atoms with Crippen LogP contribution in [0.2, 0.25) is 0 Å². The number of carbonyl (C=O) groups excluding carboxylic acids is 1. The van der Waals surface area contributed by atoms with Crippen LogP contribution in [0.3, 0.4) is 0 Å². The molecule has 1 amide bonds. The van der Waals surface area contributed by atoms with Crippen LogP contribution in [0.1, 0.15) is 26.6 Å². The van der Waals surface area contributed by atoms with Gasteiger partial charge in [-0.15, -0.1) is 0 Å². The van der Waals surface area contributed by atoms with Crippen LogP contribution in [0.4, 0.5) is 5.69 Å². The van der Waals surface area contributed by atoms with Crippen molar-refractivity contribution in [1.29, 1.82) is 0 Å². The molecular weight excluding hydrogens is 456 g/mol. The monoisotopic (exact) mass is 484 g/mol. The molecule has 9 heteroatoms. The van der Waals surface area contributed by atoms with E-state index < -0.39 is 15.3 Å². The SMILES string of the molecule is Cc1nc(SC(C)C(=O)Nc2ccc(S(=O)(=O)NCC(C)C)cc2)cc(-c2ccccc2)n1. The lowest BCUT2D eigenvalue weighted by Gasteiger charge is -2.13. The van der Waals surface area contributed by atoms with Crippen LogP contribution in [-0.2, 0) is 14.8 Å². The molecule has 0 fully saturated rings. The Hall–Kier alpha value is -2.75. The number of carbonyl (C=O) groups is 1. The molecule has 0 aliphatic rings. The van der Waals surface area contributed by atoms with Gasteiger partial charge >= 0.3 is 0 Å². The second-order valence-corrected chi connectivity index (χ2v) is 11.2. The lowest BCUT2D eigenvalue weighted by atomic mass is 10.1. The summed E-state index contributed by atoms with van der Waals surface area (Å²) in [6.45, 7) is 7.86. The molecule has 1 unspecified atom stereocenters. The molecular formula is C24H28N4O3S2. The summed E-state index contributed by atoms with van der Waals surface area (Å²) in [7, 11) is -3.57. The quantitative estimate of drug-likeness (QED) is 0.342. The number of thioether (sulfide) groups is 1. The Morgan fingerprint density at radius 3 is 2.30 bits per heavy atom. The van der Waals surface area contributed by atoms with Gasteiger partial charge in [-0.2, -0.15) is 0 Å². The lowest BCUT2D eigenvalue weighted by Crippen LogP contribution is -2.27. The summed E-state index contributed by atoms with van der Waals surface area (Å²) < 4.78 is 27.2. The highest BCUT2D eigenvalue weighted by molar-refractivity contribution is 8.00. The van der Waals surface area contributed by atoms with Gasteiger partial charge in [0.25, 0.3) is 0 Å². The lowest BCUT2D eigenvalue weighted by molar-refractivity contribution is -0.115. The summed E-state index contributed by atoms with van der Waals surface area (Å²) in [4.78, 5) is 21.8. The number of sulfonamides is 1. The molecule has 2 N–H and O–H groups in total. The van der Waals surface area contributed by atoms with Gasteiger partial charge in [0.15, 0.2) is 0 Å². The molecule has 0 saturated carbocycles. The molecule has 174 valence electrons. The Bertz CT molecular complexity index is 1200. The number of rotatable bonds is 9. The van der Waals surface area contributed by atoms with Gasteiger partial charge in [0.05, 0.1) is 15.8 Å². The summed E-state index contributed by atoms with van der Waals surface area (Å²) >= 11 is 1.34. The molecule has 1 heterocycles. The summed E-state index contributed by atoms with van der Waals surface area (Å²) in [5.74, 6) is 0.639. The maximum atomic E-state index is 12.7. The number of benzene rings is 2. The summed E-state index contributed by atoms with van der Waals surface area (Å²) in [5, 5.41) is 3.13. The van der Waals surface area contributed by atoms with Gasteiger partial charge in [-0.1, -0.05) is 55.9 Å². The first-order valence-corrected chi connectivity index (χ1v) is 13.0. The van der Waals surface area contributed by atoms with Crippen LogP contribution < -0.4 is 10.0 Å². The molecule has 1 atom stereocenters. The second-order valence-electron chi connectivity index (χ2n) is 8.02. The Labute approximate surface area is 199 Å². The van der Waals surface area contributed by atoms with Crippen molar-refractivity contribution in [2.75, 3.05) is 11.9 Å². The molecule has 0 bridgehead atoms. The van der Waals surface area contributed by atoms with Gasteiger partial charge < -0.3 is 5.32 Å². The topological polar surface area (TPSA) is 101 Å². The highest BCUT2D eigenvalue weighted by atomic mass is 32.2. The van der Waals surface area contributed by atoms with E-state index >= 15 is 0 Å². The van der Waals surface area contributed by atoms with Gasteiger partial charge in [0, 0.05) is 17.8 Å². The van der Waals surface area contributed by atoms with Gasteiger partial charge in [0.1, 0.15) is 10.9 Å². The predicted octanol–water partition coefficient (Wildman–Crippen LogP) is 4.51. The van der Waals surface area contributed by atoms with Gasteiger partial charge in [-0.3, -0.25) is 4.79 Å². The fraction of sp³-hybridized carbons (Fsp3) is 0.292. The third-order valence-corrected chi connectivity index (χ3v) is 7.12. The zero-order valence-electron chi connectivity index (χ0n) is 19.1. The molecule has 2 aromatic carbocycles. The number of nitrogens with one attached hydrogen (secondary N) is 2. The molecule has 0 spiro atoms. The fourth-order valence-electron chi connectivity index (χ4n) is 2.91. The van der Waals surface area contributed by atoms with E-state index in [2.05, 4.69) is 20.0 Å². The Kier molecular flexibility index (Phi) is 8.23. The standard InChI is InChI=1S/C24H28N4O3S2/c1-16(2)15-25-33(30,31)21-12-10-20(11-13-21)28-24(29)17(3)32-23-14-22(26-18(4)27-23)19-8-6-5-7-9-19/h5-14,16-17,25H,15H2,1-4H3,(H,28,29). The molecule has 7 nitrogen and oxygen atoms in total. The zero-order valence-corrected chi connectivity index (χ0v) is 20.7. The number of amides is 1. The molecule has 0 saturated heterocycles. The highest BCUT2D eigenvalue weighted by Crippen LogP contribution is 2.27. The first kappa shape index (κ1) is 24.9. The van der Waals surface area contributed by atoms with Crippen LogP contribution in [-0.4, -0.2) is 36.1 Å². The van der Waals surface area contributed by atoms with Crippen molar-refractivity contribution in [2.45, 2.75) is 42.9 Å². The smallest absolute Gasteiger partial charge is 0.240 e. The van der Waals surface area contributed by atoms with Gasteiger partial charge in [-0.05, 0) is 50.1 Å². The van der Waals surface area contributed by atoms with Crippen LogP contribution in [0.25, 0.3) is 11.3 Å². The minimum absolute atomic E-state index is 0.161. The Morgan fingerprint density at radius 2 is 1.67 bits per heavy atom. The largest absolute Gasteiger partial charge is 0.325 e. The molecule has 0 aliphatic heterocycles. The van der Waals surface area contributed by atoms with Crippen LogP contribution >= 0.6 is 11.8 Å². The summed E-state index contributed by atoms with van der Waals surface area (Å²) in [6, 6.07) is 17.8. The maximum absolute atomic E-state index is 12.7. The number of nitrogens with zero attached hydrogens (tertiary/aromatic N) is 2. The minimum Gasteiger partial charge on any atom is -0.325 e. The molecule has 33 heavy (non-hydrogen) atoms. The van der Waals surface area contributed by atoms with E-state index in [1.807, 2.05) is 57.2 Å². The first-order valence-electron chi connectivity index (χ1n) is 10.6. The van der Waals surface area contributed by atoms with E-state index in [-0.39, 0.29) is 16.7 Å².